The topological polar surface area (TPSA) is 93.6 Å². The number of pyridine rings is 1. The van der Waals surface area contributed by atoms with Crippen LogP contribution in [0.15, 0.2) is 42.7 Å². The third-order valence-electron chi connectivity index (χ3n) is 6.39. The third kappa shape index (κ3) is 2.88. The van der Waals surface area contributed by atoms with E-state index in [9.17, 15) is 13.6 Å². The second-order valence-electron chi connectivity index (χ2n) is 8.23. The first-order valence-electron chi connectivity index (χ1n) is 10.4. The number of aromatic amines is 1. The third-order valence-corrected chi connectivity index (χ3v) is 6.39. The van der Waals surface area contributed by atoms with Crippen LogP contribution in [0.1, 0.15) is 53.5 Å². The molecule has 1 aliphatic carbocycles. The zero-order valence-corrected chi connectivity index (χ0v) is 16.8. The second kappa shape index (κ2) is 6.88. The maximum atomic E-state index is 14.1. The molecule has 9 heteroatoms. The highest BCUT2D eigenvalue weighted by atomic mass is 19.1. The summed E-state index contributed by atoms with van der Waals surface area (Å²) in [6.45, 7) is 0. The average molecular weight is 433 g/mol. The Morgan fingerprint density at radius 2 is 1.94 bits per heavy atom. The molecular weight excluding hydrogens is 416 g/mol. The number of aromatic nitrogens is 5. The molecule has 3 aromatic heterocycles. The maximum absolute atomic E-state index is 14.1. The molecule has 160 valence electrons. The minimum Gasteiger partial charge on any atom is -0.449 e. The summed E-state index contributed by atoms with van der Waals surface area (Å²) in [4.78, 5) is 32.9. The highest BCUT2D eigenvalue weighted by Crippen LogP contribution is 2.49. The second-order valence-corrected chi connectivity index (χ2v) is 8.23. The lowest BCUT2D eigenvalue weighted by Gasteiger charge is -2.35. The van der Waals surface area contributed by atoms with Crippen molar-refractivity contribution in [1.82, 2.24) is 24.9 Å². The molecule has 1 saturated carbocycles. The van der Waals surface area contributed by atoms with Crippen LogP contribution in [0.5, 0.6) is 0 Å². The molecule has 1 spiro atoms. The van der Waals surface area contributed by atoms with Gasteiger partial charge in [-0.15, -0.1) is 0 Å². The van der Waals surface area contributed by atoms with Crippen molar-refractivity contribution in [3.8, 4) is 11.4 Å². The fraction of sp³-hybridized carbons (Fsp3) is 0.261. The Labute approximate surface area is 180 Å². The molecule has 1 aliphatic heterocycles. The molecule has 0 amide bonds. The van der Waals surface area contributed by atoms with E-state index in [0.717, 1.165) is 30.3 Å². The van der Waals surface area contributed by atoms with E-state index in [0.29, 0.717) is 29.7 Å². The predicted octanol–water partition coefficient (Wildman–Crippen LogP) is 4.42. The van der Waals surface area contributed by atoms with Crippen LogP contribution in [-0.2, 0) is 10.3 Å². The first-order valence-corrected chi connectivity index (χ1v) is 10.4. The van der Waals surface area contributed by atoms with Crippen LogP contribution in [0.25, 0.3) is 22.6 Å². The molecular formula is C23H17F2N5O2. The Bertz CT molecular complexity index is 1380. The van der Waals surface area contributed by atoms with Gasteiger partial charge in [0.1, 0.15) is 28.6 Å². The molecule has 0 bridgehead atoms. The molecule has 0 atom stereocenters. The lowest BCUT2D eigenvalue weighted by atomic mass is 9.75. The van der Waals surface area contributed by atoms with Crippen LogP contribution < -0.4 is 0 Å². The number of carbonyl (C=O) groups is 1. The molecule has 6 rings (SSSR count). The number of halogens is 2. The molecule has 0 radical (unpaired) electrons. The van der Waals surface area contributed by atoms with Gasteiger partial charge < -0.3 is 9.72 Å². The number of H-pyrrole nitrogens is 1. The predicted molar refractivity (Wildman–Crippen MR) is 110 cm³/mol. The lowest BCUT2D eigenvalue weighted by molar-refractivity contribution is -0.0313. The van der Waals surface area contributed by atoms with Gasteiger partial charge in [0.2, 0.25) is 0 Å². The zero-order chi connectivity index (χ0) is 21.9. The average Bonchev–Trinajstić information content (AvgIpc) is 3.33. The van der Waals surface area contributed by atoms with Crippen molar-refractivity contribution in [2.24, 2.45) is 0 Å². The van der Waals surface area contributed by atoms with Crippen LogP contribution >= 0.6 is 0 Å². The fourth-order valence-electron chi connectivity index (χ4n) is 4.77. The first kappa shape index (κ1) is 19.0. The van der Waals surface area contributed by atoms with E-state index < -0.39 is 17.2 Å². The number of esters is 1. The Balaban J connectivity index is 1.26. The summed E-state index contributed by atoms with van der Waals surface area (Å²) in [5.74, 6) is -0.678. The molecule has 4 heterocycles. The van der Waals surface area contributed by atoms with Crippen molar-refractivity contribution in [2.45, 2.75) is 37.2 Å². The van der Waals surface area contributed by atoms with Crippen LogP contribution in [0.3, 0.4) is 0 Å². The van der Waals surface area contributed by atoms with Gasteiger partial charge in [-0.3, -0.25) is 0 Å². The Morgan fingerprint density at radius 3 is 2.75 bits per heavy atom. The van der Waals surface area contributed by atoms with E-state index in [-0.39, 0.29) is 23.3 Å². The Morgan fingerprint density at radius 1 is 1.09 bits per heavy atom. The highest BCUT2D eigenvalue weighted by Gasteiger charge is 2.48. The van der Waals surface area contributed by atoms with Gasteiger partial charge >= 0.3 is 5.97 Å². The van der Waals surface area contributed by atoms with E-state index in [1.165, 1.54) is 12.1 Å². The number of carbonyl (C=O) groups excluding carboxylic acids is 1. The SMILES string of the molecule is O=C1OC2(CCC(c3nc4nc(-c5ccc(F)cc5F)ncc4[nH]3)CC2)c2cccnc21. The summed E-state index contributed by atoms with van der Waals surface area (Å²) in [5, 5.41) is 0. The molecule has 1 fully saturated rings. The standard InChI is InChI=1S/C23H17F2N5O2/c24-13-3-4-14(16(25)10-13)20-27-11-17-21(30-20)29-19(28-17)12-5-7-23(8-6-12)15-2-1-9-26-18(15)22(31)32-23/h1-4,9-12H,5-8H2,(H,27,28,29,30). The lowest BCUT2D eigenvalue weighted by Crippen LogP contribution is -2.31. The van der Waals surface area contributed by atoms with E-state index >= 15 is 0 Å². The number of benzene rings is 1. The van der Waals surface area contributed by atoms with E-state index in [4.69, 9.17) is 4.74 Å². The molecule has 32 heavy (non-hydrogen) atoms. The van der Waals surface area contributed by atoms with Crippen molar-refractivity contribution in [3.05, 3.63) is 71.4 Å². The van der Waals surface area contributed by atoms with Crippen molar-refractivity contribution in [1.29, 1.82) is 0 Å². The maximum Gasteiger partial charge on any atom is 0.358 e. The van der Waals surface area contributed by atoms with Crippen LogP contribution in [-0.4, -0.2) is 30.9 Å². The molecule has 1 N–H and O–H groups in total. The van der Waals surface area contributed by atoms with Gasteiger partial charge in [0.25, 0.3) is 0 Å². The van der Waals surface area contributed by atoms with Gasteiger partial charge in [-0.2, -0.15) is 0 Å². The van der Waals surface area contributed by atoms with Crippen molar-refractivity contribution < 1.29 is 18.3 Å². The van der Waals surface area contributed by atoms with Gasteiger partial charge in [0.05, 0.1) is 11.8 Å². The van der Waals surface area contributed by atoms with E-state index in [2.05, 4.69) is 24.9 Å². The van der Waals surface area contributed by atoms with Gasteiger partial charge in [-0.25, -0.2) is 33.5 Å². The molecule has 1 aromatic carbocycles. The zero-order valence-electron chi connectivity index (χ0n) is 16.8. The normalized spacial score (nSPS) is 22.3. The van der Waals surface area contributed by atoms with Gasteiger partial charge in [0, 0.05) is 23.7 Å². The summed E-state index contributed by atoms with van der Waals surface area (Å²) in [5.41, 5.74) is 1.85. The summed E-state index contributed by atoms with van der Waals surface area (Å²) in [7, 11) is 0. The van der Waals surface area contributed by atoms with E-state index in [1.807, 2.05) is 12.1 Å². The number of hydrogen-bond acceptors (Lipinski definition) is 6. The van der Waals surface area contributed by atoms with E-state index in [1.54, 1.807) is 12.4 Å². The smallest absolute Gasteiger partial charge is 0.358 e. The summed E-state index contributed by atoms with van der Waals surface area (Å²) in [6.07, 6.45) is 6.06. The number of hydrogen-bond donors (Lipinski definition) is 1. The Kier molecular flexibility index (Phi) is 4.08. The largest absolute Gasteiger partial charge is 0.449 e. The molecule has 2 aliphatic rings. The number of rotatable bonds is 2. The molecule has 4 aromatic rings. The summed E-state index contributed by atoms with van der Waals surface area (Å²) >= 11 is 0. The highest BCUT2D eigenvalue weighted by molar-refractivity contribution is 5.92. The van der Waals surface area contributed by atoms with Gasteiger partial charge in [0.15, 0.2) is 17.2 Å². The van der Waals surface area contributed by atoms with Crippen LogP contribution in [0.4, 0.5) is 8.78 Å². The Hall–Kier alpha value is -3.75. The monoisotopic (exact) mass is 433 g/mol. The number of nitrogens with zero attached hydrogens (tertiary/aromatic N) is 4. The van der Waals surface area contributed by atoms with Crippen molar-refractivity contribution in [3.63, 3.8) is 0 Å². The van der Waals surface area contributed by atoms with Crippen molar-refractivity contribution in [2.75, 3.05) is 0 Å². The minimum absolute atomic E-state index is 0.118. The van der Waals surface area contributed by atoms with Gasteiger partial charge in [-0.1, -0.05) is 6.07 Å². The number of nitrogens with one attached hydrogen (secondary N) is 1. The number of fused-ring (bicyclic) bond motifs is 3. The fourth-order valence-corrected chi connectivity index (χ4v) is 4.77. The number of imidazole rings is 1. The first-order chi connectivity index (χ1) is 15.5. The summed E-state index contributed by atoms with van der Waals surface area (Å²) < 4.78 is 33.1. The molecule has 0 unspecified atom stereocenters. The quantitative estimate of drug-likeness (QED) is 0.471. The van der Waals surface area contributed by atoms with Crippen LogP contribution in [0, 0.1) is 11.6 Å². The van der Waals surface area contributed by atoms with Gasteiger partial charge in [-0.05, 0) is 43.9 Å². The van der Waals surface area contributed by atoms with Crippen molar-refractivity contribution >= 4 is 17.1 Å². The number of ether oxygens (including phenoxy) is 1. The minimum atomic E-state index is -0.724. The molecule has 7 nitrogen and oxygen atoms in total. The molecule has 0 saturated heterocycles. The van der Waals surface area contributed by atoms with Crippen LogP contribution in [0.2, 0.25) is 0 Å². The summed E-state index contributed by atoms with van der Waals surface area (Å²) in [6, 6.07) is 7.04.